The summed E-state index contributed by atoms with van der Waals surface area (Å²) in [5.41, 5.74) is 2.61. The average molecular weight is 416 g/mol. The standard InChI is InChI=1S/C22H23ClFN3O2/c1-29-13-12-27(22(28)25-18-9-10-21(24)20(23)14-18)16-19-8-5-11-26(19)15-17-6-3-2-4-7-17/h2-11,14H,12-13,15-16H2,1H3,(H,25,28). The number of hydrogen-bond acceptors (Lipinski definition) is 2. The Kier molecular flexibility index (Phi) is 7.27. The zero-order chi connectivity index (χ0) is 20.6. The minimum Gasteiger partial charge on any atom is -0.383 e. The van der Waals surface area contributed by atoms with Crippen LogP contribution in [-0.4, -0.2) is 35.8 Å². The molecule has 3 rings (SSSR count). The van der Waals surface area contributed by atoms with Gasteiger partial charge < -0.3 is 19.5 Å². The Morgan fingerprint density at radius 2 is 1.97 bits per heavy atom. The van der Waals surface area contributed by atoms with E-state index >= 15 is 0 Å². The number of halogens is 2. The number of nitrogens with zero attached hydrogens (tertiary/aromatic N) is 2. The second-order valence-electron chi connectivity index (χ2n) is 6.59. The number of benzene rings is 2. The van der Waals surface area contributed by atoms with Gasteiger partial charge in [0.15, 0.2) is 0 Å². The van der Waals surface area contributed by atoms with E-state index in [1.54, 1.807) is 12.0 Å². The molecule has 2 aromatic carbocycles. The van der Waals surface area contributed by atoms with Gasteiger partial charge in [0.25, 0.3) is 0 Å². The van der Waals surface area contributed by atoms with Crippen molar-refractivity contribution in [1.82, 2.24) is 9.47 Å². The lowest BCUT2D eigenvalue weighted by Gasteiger charge is -2.24. The first-order valence-corrected chi connectivity index (χ1v) is 9.62. The van der Waals surface area contributed by atoms with Gasteiger partial charge >= 0.3 is 6.03 Å². The van der Waals surface area contributed by atoms with Crippen LogP contribution < -0.4 is 5.32 Å². The van der Waals surface area contributed by atoms with Gasteiger partial charge in [-0.05, 0) is 35.9 Å². The Balaban J connectivity index is 1.73. The number of carbonyl (C=O) groups excluding carboxylic acids is 1. The summed E-state index contributed by atoms with van der Waals surface area (Å²) in [6.45, 7) is 1.94. The highest BCUT2D eigenvalue weighted by molar-refractivity contribution is 6.31. The maximum Gasteiger partial charge on any atom is 0.322 e. The lowest BCUT2D eigenvalue weighted by atomic mass is 10.2. The molecule has 0 saturated heterocycles. The van der Waals surface area contributed by atoms with Crippen LogP contribution >= 0.6 is 11.6 Å². The smallest absolute Gasteiger partial charge is 0.322 e. The summed E-state index contributed by atoms with van der Waals surface area (Å²) in [4.78, 5) is 14.5. The van der Waals surface area contributed by atoms with E-state index in [0.717, 1.165) is 12.2 Å². The van der Waals surface area contributed by atoms with Crippen molar-refractivity contribution in [1.29, 1.82) is 0 Å². The molecule has 1 heterocycles. The highest BCUT2D eigenvalue weighted by Gasteiger charge is 2.16. The van der Waals surface area contributed by atoms with Crippen molar-refractivity contribution in [3.8, 4) is 0 Å². The van der Waals surface area contributed by atoms with Crippen molar-refractivity contribution < 1.29 is 13.9 Å². The molecule has 0 saturated carbocycles. The summed E-state index contributed by atoms with van der Waals surface area (Å²) < 4.78 is 20.6. The van der Waals surface area contributed by atoms with E-state index in [9.17, 15) is 9.18 Å². The van der Waals surface area contributed by atoms with Crippen LogP contribution in [-0.2, 0) is 17.8 Å². The first-order valence-electron chi connectivity index (χ1n) is 9.24. The Labute approximate surface area is 174 Å². The van der Waals surface area contributed by atoms with Gasteiger partial charge in [-0.1, -0.05) is 41.9 Å². The quantitative estimate of drug-likeness (QED) is 0.562. The van der Waals surface area contributed by atoms with E-state index < -0.39 is 5.82 Å². The zero-order valence-corrected chi connectivity index (χ0v) is 16.9. The molecule has 0 aliphatic rings. The second-order valence-corrected chi connectivity index (χ2v) is 6.99. The summed E-state index contributed by atoms with van der Waals surface area (Å²) in [7, 11) is 1.59. The molecule has 1 N–H and O–H groups in total. The van der Waals surface area contributed by atoms with Gasteiger partial charge in [-0.25, -0.2) is 9.18 Å². The van der Waals surface area contributed by atoms with Gasteiger partial charge in [0.1, 0.15) is 5.82 Å². The number of hydrogen-bond donors (Lipinski definition) is 1. The molecule has 0 aliphatic carbocycles. The van der Waals surface area contributed by atoms with E-state index in [1.807, 2.05) is 36.5 Å². The molecule has 0 bridgehead atoms. The van der Waals surface area contributed by atoms with Crippen molar-refractivity contribution in [2.75, 3.05) is 25.6 Å². The average Bonchev–Trinajstić information content (AvgIpc) is 3.15. The monoisotopic (exact) mass is 415 g/mol. The molecule has 0 fully saturated rings. The van der Waals surface area contributed by atoms with Gasteiger partial charge in [0.2, 0.25) is 0 Å². The fraction of sp³-hybridized carbons (Fsp3) is 0.227. The van der Waals surface area contributed by atoms with Crippen molar-refractivity contribution >= 4 is 23.3 Å². The van der Waals surface area contributed by atoms with Crippen LogP contribution in [0.4, 0.5) is 14.9 Å². The Morgan fingerprint density at radius 1 is 1.17 bits per heavy atom. The Morgan fingerprint density at radius 3 is 2.69 bits per heavy atom. The highest BCUT2D eigenvalue weighted by atomic mass is 35.5. The molecular weight excluding hydrogens is 393 g/mol. The number of aromatic nitrogens is 1. The van der Waals surface area contributed by atoms with Crippen LogP contribution in [0.2, 0.25) is 5.02 Å². The molecule has 0 radical (unpaired) electrons. The number of carbonyl (C=O) groups is 1. The van der Waals surface area contributed by atoms with Crippen LogP contribution in [0.15, 0.2) is 66.9 Å². The van der Waals surface area contributed by atoms with Crippen LogP contribution in [0, 0.1) is 5.82 Å². The number of amides is 2. The minimum absolute atomic E-state index is 0.0389. The minimum atomic E-state index is -0.528. The summed E-state index contributed by atoms with van der Waals surface area (Å²) >= 11 is 5.81. The zero-order valence-electron chi connectivity index (χ0n) is 16.1. The molecule has 152 valence electrons. The Hall–Kier alpha value is -2.83. The highest BCUT2D eigenvalue weighted by Crippen LogP contribution is 2.20. The number of urea groups is 1. The molecule has 0 aliphatic heterocycles. The van der Waals surface area contributed by atoms with E-state index in [4.69, 9.17) is 16.3 Å². The van der Waals surface area contributed by atoms with Crippen molar-refractivity contribution in [2.45, 2.75) is 13.1 Å². The maximum absolute atomic E-state index is 13.4. The number of ether oxygens (including phenoxy) is 1. The first kappa shape index (κ1) is 20.9. The molecular formula is C22H23ClFN3O2. The van der Waals surface area contributed by atoms with Gasteiger partial charge in [0.05, 0.1) is 18.2 Å². The second kappa shape index (κ2) is 10.1. The number of rotatable bonds is 8. The third-order valence-electron chi connectivity index (χ3n) is 4.50. The van der Waals surface area contributed by atoms with Crippen molar-refractivity contribution in [2.24, 2.45) is 0 Å². The molecule has 2 amide bonds. The molecule has 0 atom stereocenters. The maximum atomic E-state index is 13.4. The third kappa shape index (κ3) is 5.82. The predicted molar refractivity (Wildman–Crippen MR) is 113 cm³/mol. The van der Waals surface area contributed by atoms with E-state index in [0.29, 0.717) is 25.4 Å². The predicted octanol–water partition coefficient (Wildman–Crippen LogP) is 5.01. The fourth-order valence-corrected chi connectivity index (χ4v) is 3.13. The first-order chi connectivity index (χ1) is 14.1. The van der Waals surface area contributed by atoms with Gasteiger partial charge in [-0.15, -0.1) is 0 Å². The molecule has 3 aromatic rings. The van der Waals surface area contributed by atoms with Crippen molar-refractivity contribution in [3.63, 3.8) is 0 Å². The Bertz CT molecular complexity index is 946. The summed E-state index contributed by atoms with van der Waals surface area (Å²) in [5.74, 6) is -0.528. The fourth-order valence-electron chi connectivity index (χ4n) is 2.95. The van der Waals surface area contributed by atoms with E-state index in [1.165, 1.54) is 23.8 Å². The topological polar surface area (TPSA) is 46.5 Å². The van der Waals surface area contributed by atoms with Gasteiger partial charge in [0, 0.05) is 37.8 Å². The van der Waals surface area contributed by atoms with E-state index in [2.05, 4.69) is 22.0 Å². The molecule has 7 heteroatoms. The summed E-state index contributed by atoms with van der Waals surface area (Å²) in [6, 6.07) is 17.9. The van der Waals surface area contributed by atoms with Crippen LogP contribution in [0.25, 0.3) is 0 Å². The molecule has 1 aromatic heterocycles. The van der Waals surface area contributed by atoms with Crippen LogP contribution in [0.1, 0.15) is 11.3 Å². The number of methoxy groups -OCH3 is 1. The van der Waals surface area contributed by atoms with Gasteiger partial charge in [-0.2, -0.15) is 0 Å². The normalized spacial score (nSPS) is 10.7. The third-order valence-corrected chi connectivity index (χ3v) is 4.79. The molecule has 0 unspecified atom stereocenters. The number of nitrogens with one attached hydrogen (secondary N) is 1. The number of anilines is 1. The molecule has 29 heavy (non-hydrogen) atoms. The lowest BCUT2D eigenvalue weighted by Crippen LogP contribution is -2.37. The lowest BCUT2D eigenvalue weighted by molar-refractivity contribution is 0.152. The molecule has 0 spiro atoms. The van der Waals surface area contributed by atoms with Crippen LogP contribution in [0.5, 0.6) is 0 Å². The van der Waals surface area contributed by atoms with E-state index in [-0.39, 0.29) is 11.1 Å². The van der Waals surface area contributed by atoms with Crippen molar-refractivity contribution in [3.05, 3.63) is 89.0 Å². The largest absolute Gasteiger partial charge is 0.383 e. The van der Waals surface area contributed by atoms with Crippen LogP contribution in [0.3, 0.4) is 0 Å². The summed E-state index contributed by atoms with van der Waals surface area (Å²) in [6.07, 6.45) is 1.99. The van der Waals surface area contributed by atoms with Gasteiger partial charge in [-0.3, -0.25) is 0 Å². The molecule has 5 nitrogen and oxygen atoms in total. The SMILES string of the molecule is COCCN(Cc1cccn1Cc1ccccc1)C(=O)Nc1ccc(F)c(Cl)c1. The summed E-state index contributed by atoms with van der Waals surface area (Å²) in [5, 5.41) is 2.73.